The average Bonchev–Trinajstić information content (AvgIpc) is 0.769. The van der Waals surface area contributed by atoms with Crippen molar-refractivity contribution in [2.24, 2.45) is 29.4 Å². The number of halogens is 12. The number of nitrogens with one attached hydrogen (secondary N) is 4. The highest BCUT2D eigenvalue weighted by Crippen LogP contribution is 2.57. The van der Waals surface area contributed by atoms with Gasteiger partial charge in [0.1, 0.15) is 0 Å². The molecule has 25 heteroatoms. The molecular formula is C83H82F12N6O7. The van der Waals surface area contributed by atoms with Gasteiger partial charge in [0, 0.05) is 68.7 Å². The molecule has 570 valence electrons. The number of nitrogens with zero attached hydrogens (tertiary/aromatic N) is 1. The maximum atomic E-state index is 13.2. The van der Waals surface area contributed by atoms with Crippen molar-refractivity contribution < 1.29 is 86.6 Å². The minimum Gasteiger partial charge on any atom is -0.481 e. The van der Waals surface area contributed by atoms with Crippen LogP contribution in [0.25, 0.3) is 0 Å². The number of aliphatic hydroxyl groups is 1. The van der Waals surface area contributed by atoms with Crippen LogP contribution in [0.4, 0.5) is 75.4 Å². The lowest BCUT2D eigenvalue weighted by Crippen LogP contribution is -2.40. The Morgan fingerprint density at radius 2 is 0.667 bits per heavy atom. The number of carboxylic acid groups (broad SMARTS) is 1. The first-order valence-electron chi connectivity index (χ1n) is 36.4. The fourth-order valence-corrected chi connectivity index (χ4v) is 16.8. The Kier molecular flexibility index (Phi) is 23.2. The molecule has 4 saturated heterocycles. The van der Waals surface area contributed by atoms with Crippen molar-refractivity contribution in [2.75, 3.05) is 34.4 Å². The second-order valence-corrected chi connectivity index (χ2v) is 28.7. The van der Waals surface area contributed by atoms with Gasteiger partial charge in [-0.05, 0) is 159 Å². The summed E-state index contributed by atoms with van der Waals surface area (Å²) in [5.41, 5.74) is 12.0. The molecule has 8 aliphatic heterocycles. The van der Waals surface area contributed by atoms with Crippen LogP contribution in [0.15, 0.2) is 194 Å². The Morgan fingerprint density at radius 3 is 0.944 bits per heavy atom. The molecule has 0 spiro atoms. The number of alkyl halides is 12. The first-order valence-corrected chi connectivity index (χ1v) is 36.4. The van der Waals surface area contributed by atoms with E-state index in [-0.39, 0.29) is 91.7 Å². The number of anilines is 4. The van der Waals surface area contributed by atoms with Gasteiger partial charge >= 0.3 is 30.7 Å². The van der Waals surface area contributed by atoms with Crippen LogP contribution in [0.1, 0.15) is 186 Å². The number of carboxylic acids is 1. The highest BCUT2D eigenvalue weighted by Gasteiger charge is 2.49. The first kappa shape index (κ1) is 77.0. The van der Waals surface area contributed by atoms with Gasteiger partial charge in [-0.3, -0.25) is 4.79 Å². The second kappa shape index (κ2) is 32.6. The summed E-state index contributed by atoms with van der Waals surface area (Å²) in [6.07, 6.45) is -13.8. The summed E-state index contributed by atoms with van der Waals surface area (Å²) in [6, 6.07) is 56.5. The lowest BCUT2D eigenvalue weighted by molar-refractivity contribution is -0.147. The number of rotatable bonds is 10. The van der Waals surface area contributed by atoms with Crippen LogP contribution in [0.3, 0.4) is 0 Å². The lowest BCUT2D eigenvalue weighted by atomic mass is 9.76. The maximum absolute atomic E-state index is 13.2. The molecular weight excluding hydrogens is 1420 g/mol. The van der Waals surface area contributed by atoms with Crippen molar-refractivity contribution >= 4 is 28.7 Å². The zero-order valence-corrected chi connectivity index (χ0v) is 58.4. The van der Waals surface area contributed by atoms with E-state index in [1.165, 1.54) is 42.5 Å². The van der Waals surface area contributed by atoms with E-state index in [4.69, 9.17) is 35.0 Å². The van der Waals surface area contributed by atoms with E-state index in [0.29, 0.717) is 70.8 Å². The predicted octanol–water partition coefficient (Wildman–Crippen LogP) is 20.6. The highest BCUT2D eigenvalue weighted by atomic mass is 19.4. The fraction of sp³-hybridized carbons (Fsp3) is 0.398. The normalized spacial score (nSPS) is 27.3. The van der Waals surface area contributed by atoms with Crippen molar-refractivity contribution in [3.05, 3.63) is 261 Å². The van der Waals surface area contributed by atoms with Gasteiger partial charge in [-0.15, -0.1) is 0 Å². The number of nitriles is 1. The molecule has 0 aliphatic carbocycles. The molecule has 0 amide bonds. The van der Waals surface area contributed by atoms with E-state index in [1.807, 2.05) is 109 Å². The number of benzene rings is 8. The minimum absolute atomic E-state index is 0.00633. The molecule has 0 radical (unpaired) electrons. The molecule has 8 heterocycles. The molecule has 13 nitrogen and oxygen atoms in total. The van der Waals surface area contributed by atoms with Crippen molar-refractivity contribution in [1.29, 1.82) is 5.26 Å². The molecule has 8 N–H and O–H groups in total. The van der Waals surface area contributed by atoms with Crippen LogP contribution in [-0.2, 0) is 48.4 Å². The van der Waals surface area contributed by atoms with E-state index in [2.05, 4.69) is 39.5 Å². The third-order valence-corrected chi connectivity index (χ3v) is 21.9. The zero-order valence-electron chi connectivity index (χ0n) is 58.4. The molecule has 4 fully saturated rings. The molecule has 0 bridgehead atoms. The van der Waals surface area contributed by atoms with Crippen LogP contribution < -0.4 is 27.0 Å². The summed E-state index contributed by atoms with van der Waals surface area (Å²) in [5, 5.41) is 41.3. The Bertz CT molecular complexity index is 4420. The molecule has 8 aliphatic rings. The summed E-state index contributed by atoms with van der Waals surface area (Å²) >= 11 is 0. The molecule has 108 heavy (non-hydrogen) atoms. The highest BCUT2D eigenvalue weighted by molar-refractivity contribution is 5.67. The quantitative estimate of drug-likeness (QED) is 0.0641. The smallest absolute Gasteiger partial charge is 0.416 e. The molecule has 16 atom stereocenters. The van der Waals surface area contributed by atoms with E-state index < -0.39 is 77.3 Å². The summed E-state index contributed by atoms with van der Waals surface area (Å²) in [4.78, 5) is 11.1. The number of carbonyl (C=O) groups is 1. The summed E-state index contributed by atoms with van der Waals surface area (Å²) in [5.74, 6) is -0.948. The SMILES string of the molecule is N#CC[C@H]1CC[C@@H]2[C@H](O1)c1cc(C(F)(F)F)ccc1N[C@H]2c1ccccc1.NCC[C@H]1CC[C@@H]2[C@H](O1)c1cc(C(F)(F)F)ccc1N[C@H]2c1ccccc1.O=C(O)C[C@H]1CC[C@@H]2[C@H](O1)c1cc(C(F)(F)F)ccc1N[C@H]2c1ccccc1.OC[C@H]1CC[C@@H]2[C@H](O1)c1cc(C(F)(F)F)ccc1N[C@H]2c1ccccc1. The molecule has 8 aromatic carbocycles. The first-order chi connectivity index (χ1) is 51.7. The molecule has 8 aromatic rings. The number of fused-ring (bicyclic) bond motifs is 12. The van der Waals surface area contributed by atoms with Crippen LogP contribution >= 0.6 is 0 Å². The van der Waals surface area contributed by atoms with Crippen molar-refractivity contribution in [3.63, 3.8) is 0 Å². The Hall–Kier alpha value is -9.16. The van der Waals surface area contributed by atoms with Crippen LogP contribution in [0.5, 0.6) is 0 Å². The number of aliphatic hydroxyl groups excluding tert-OH is 1. The van der Waals surface area contributed by atoms with Gasteiger partial charge in [-0.1, -0.05) is 121 Å². The van der Waals surface area contributed by atoms with Crippen molar-refractivity contribution in [2.45, 2.75) is 168 Å². The van der Waals surface area contributed by atoms with Gasteiger partial charge < -0.3 is 56.2 Å². The topological polar surface area (TPSA) is 192 Å². The fourth-order valence-electron chi connectivity index (χ4n) is 16.8. The van der Waals surface area contributed by atoms with E-state index in [0.717, 1.165) is 91.1 Å². The Labute approximate surface area is 617 Å². The van der Waals surface area contributed by atoms with Crippen molar-refractivity contribution in [3.8, 4) is 6.07 Å². The summed E-state index contributed by atoms with van der Waals surface area (Å²) < 4.78 is 183. The van der Waals surface area contributed by atoms with Gasteiger partial charge in [-0.25, -0.2) is 0 Å². The number of nitrogens with two attached hydrogens (primary N) is 1. The number of ether oxygens (including phenoxy) is 4. The van der Waals surface area contributed by atoms with Gasteiger partial charge in [0.2, 0.25) is 0 Å². The van der Waals surface area contributed by atoms with Gasteiger partial charge in [0.25, 0.3) is 0 Å². The Morgan fingerprint density at radius 1 is 0.398 bits per heavy atom. The number of hydrogen-bond acceptors (Lipinski definition) is 12. The summed E-state index contributed by atoms with van der Waals surface area (Å²) in [6.45, 7) is 0.388. The third-order valence-electron chi connectivity index (χ3n) is 21.9. The van der Waals surface area contributed by atoms with Crippen molar-refractivity contribution in [1.82, 2.24) is 0 Å². The van der Waals surface area contributed by atoms with E-state index >= 15 is 0 Å². The molecule has 16 rings (SSSR count). The number of aliphatic carboxylic acids is 1. The molecule has 0 aromatic heterocycles. The summed E-state index contributed by atoms with van der Waals surface area (Å²) in [7, 11) is 0. The third kappa shape index (κ3) is 17.3. The monoisotopic (exact) mass is 1500 g/mol. The zero-order chi connectivity index (χ0) is 76.2. The molecule has 0 saturated carbocycles. The maximum Gasteiger partial charge on any atom is 0.416 e. The van der Waals surface area contributed by atoms with Gasteiger partial charge in [0.05, 0.1) is 121 Å². The van der Waals surface area contributed by atoms with E-state index in [1.54, 1.807) is 0 Å². The number of hydrogen-bond donors (Lipinski definition) is 7. The predicted molar refractivity (Wildman–Crippen MR) is 382 cm³/mol. The van der Waals surface area contributed by atoms with Crippen LogP contribution in [0.2, 0.25) is 0 Å². The van der Waals surface area contributed by atoms with Gasteiger partial charge in [0.15, 0.2) is 0 Å². The standard InChI is InChI=1S/C21H23F3N2O.C21H19F3N2O.C21H20F3NO3.C20H20F3NO2/c2*22-21(23,24)14-6-9-18-17(12-14)20-16(8-7-15(27-20)10-11-25)19(26-18)13-4-2-1-3-5-13;22-21(23,24)13-6-9-17-16(10-13)20-15(8-7-14(28-20)11-18(26)27)19(25-17)12-4-2-1-3-5-12;21-20(22,23)13-6-9-17-16(10-13)19-15(8-7-14(11-25)26-19)18(24-17)12-4-2-1-3-5-12/h1-6,9,12,15-16,19-20,26H,7-8,10-11,25H2;1-6,9,12,15-16,19-20,26H,7-8,10H2;1-6,9-10,14-15,19-20,25H,7-8,11H2,(H,26,27);1-6,9-10,14-15,18-19,24-25H,7-8,11H2/t2*15-,16+,19+,20+;14-,15+,19+,20+;14-,15+,18+,19+/m1111/s1. The largest absolute Gasteiger partial charge is 0.481 e. The van der Waals surface area contributed by atoms with E-state index in [9.17, 15) is 62.6 Å². The molecule has 0 unspecified atom stereocenters. The van der Waals surface area contributed by atoms with Crippen LogP contribution in [-0.4, -0.2) is 53.7 Å². The second-order valence-electron chi connectivity index (χ2n) is 28.7. The van der Waals surface area contributed by atoms with Crippen LogP contribution in [0, 0.1) is 35.0 Å². The minimum atomic E-state index is -4.45. The average molecular weight is 1500 g/mol. The lowest BCUT2D eigenvalue weighted by Gasteiger charge is -2.46. The van der Waals surface area contributed by atoms with Gasteiger partial charge in [-0.2, -0.15) is 57.9 Å². The Balaban J connectivity index is 0.000000127.